The summed E-state index contributed by atoms with van der Waals surface area (Å²) in [5, 5.41) is 1.31. The molecule has 2 aromatic carbocycles. The summed E-state index contributed by atoms with van der Waals surface area (Å²) < 4.78 is 12.1. The van der Waals surface area contributed by atoms with Crippen LogP contribution in [0.25, 0.3) is 10.9 Å². The number of carbonyl (C=O) groups is 2. The predicted octanol–water partition coefficient (Wildman–Crippen LogP) is 5.14. The minimum absolute atomic E-state index is 0.0204. The van der Waals surface area contributed by atoms with Gasteiger partial charge in [0.15, 0.2) is 0 Å². The second-order valence-electron chi connectivity index (χ2n) is 6.32. The van der Waals surface area contributed by atoms with Crippen molar-refractivity contribution in [2.24, 2.45) is 0 Å². The molecule has 0 aliphatic rings. The smallest absolute Gasteiger partial charge is 0.310 e. The molecule has 5 nitrogen and oxygen atoms in total. The van der Waals surface area contributed by atoms with Crippen molar-refractivity contribution in [1.29, 1.82) is 0 Å². The van der Waals surface area contributed by atoms with Crippen LogP contribution in [-0.4, -0.2) is 30.2 Å². The zero-order valence-corrected chi connectivity index (χ0v) is 17.5. The molecule has 0 spiro atoms. The number of halogens is 2. The molecule has 0 bridgehead atoms. The third-order valence-electron chi connectivity index (χ3n) is 4.59. The number of esters is 1. The first-order chi connectivity index (χ1) is 14.0. The fourth-order valence-electron chi connectivity index (χ4n) is 3.17. The Balaban J connectivity index is 2.08. The minimum atomic E-state index is -0.413. The van der Waals surface area contributed by atoms with Crippen LogP contribution in [0.15, 0.2) is 54.1 Å². The number of rotatable bonds is 6. The van der Waals surface area contributed by atoms with Gasteiger partial charge in [-0.3, -0.25) is 14.2 Å². The normalized spacial score (nSPS) is 11.2. The first kappa shape index (κ1) is 21.0. The van der Waals surface area contributed by atoms with Crippen LogP contribution in [0.1, 0.15) is 21.6 Å². The molecule has 0 N–H and O–H groups in total. The van der Waals surface area contributed by atoms with Crippen LogP contribution >= 0.6 is 23.2 Å². The molecule has 0 radical (unpaired) electrons. The highest BCUT2D eigenvalue weighted by atomic mass is 35.5. The van der Waals surface area contributed by atoms with Crippen molar-refractivity contribution in [2.45, 2.75) is 13.3 Å². The molecule has 29 heavy (non-hydrogen) atoms. The van der Waals surface area contributed by atoms with Crippen LogP contribution in [0.5, 0.6) is 5.75 Å². The summed E-state index contributed by atoms with van der Waals surface area (Å²) in [5.41, 5.74) is 3.84. The monoisotopic (exact) mass is 431 g/mol. The van der Waals surface area contributed by atoms with E-state index in [2.05, 4.69) is 0 Å². The molecule has 0 saturated carbocycles. The standard InChI is InChI=1S/C22H19Cl2NO4/c1-14-18(13-21(26)29-11-3-10-23)19-12-17(28-2)8-9-20(19)25(14)22(27)15-4-6-16(24)7-5-15/h3-10,12H,11,13H2,1-2H3/b10-3+. The summed E-state index contributed by atoms with van der Waals surface area (Å²) >= 11 is 11.4. The lowest BCUT2D eigenvalue weighted by Gasteiger charge is -2.08. The number of ether oxygens (including phenoxy) is 2. The molecular weight excluding hydrogens is 413 g/mol. The van der Waals surface area contributed by atoms with Crippen molar-refractivity contribution in [3.8, 4) is 5.75 Å². The van der Waals surface area contributed by atoms with Crippen LogP contribution in [-0.2, 0) is 16.0 Å². The van der Waals surface area contributed by atoms with Crippen molar-refractivity contribution in [3.05, 3.63) is 75.9 Å². The van der Waals surface area contributed by atoms with Crippen LogP contribution in [0.4, 0.5) is 0 Å². The highest BCUT2D eigenvalue weighted by molar-refractivity contribution is 6.30. The van der Waals surface area contributed by atoms with E-state index in [0.717, 1.165) is 5.39 Å². The fraction of sp³-hybridized carbons (Fsp3) is 0.182. The van der Waals surface area contributed by atoms with Gasteiger partial charge in [0.25, 0.3) is 5.91 Å². The van der Waals surface area contributed by atoms with Gasteiger partial charge >= 0.3 is 5.97 Å². The number of methoxy groups -OCH3 is 1. The molecule has 0 amide bonds. The lowest BCUT2D eigenvalue weighted by molar-refractivity contribution is -0.141. The molecule has 0 aliphatic carbocycles. The summed E-state index contributed by atoms with van der Waals surface area (Å²) in [7, 11) is 1.57. The van der Waals surface area contributed by atoms with E-state index in [1.54, 1.807) is 48.1 Å². The molecule has 150 valence electrons. The Morgan fingerprint density at radius 1 is 1.14 bits per heavy atom. The quantitative estimate of drug-likeness (QED) is 0.507. The number of carbonyl (C=O) groups excluding carboxylic acids is 2. The Morgan fingerprint density at radius 3 is 2.52 bits per heavy atom. The maximum Gasteiger partial charge on any atom is 0.310 e. The van der Waals surface area contributed by atoms with E-state index in [9.17, 15) is 9.59 Å². The zero-order valence-electron chi connectivity index (χ0n) is 15.9. The highest BCUT2D eigenvalue weighted by Crippen LogP contribution is 2.31. The van der Waals surface area contributed by atoms with E-state index in [1.807, 2.05) is 13.0 Å². The van der Waals surface area contributed by atoms with Gasteiger partial charge in [-0.05, 0) is 61.0 Å². The molecule has 0 saturated heterocycles. The summed E-state index contributed by atoms with van der Waals surface area (Å²) in [6, 6.07) is 12.1. The molecule has 0 aliphatic heterocycles. The van der Waals surface area contributed by atoms with Crippen LogP contribution in [0, 0.1) is 6.92 Å². The first-order valence-electron chi connectivity index (χ1n) is 8.85. The Labute approximate surface area is 178 Å². The zero-order chi connectivity index (χ0) is 21.0. The van der Waals surface area contributed by atoms with Gasteiger partial charge in [0.2, 0.25) is 0 Å². The van der Waals surface area contributed by atoms with Gasteiger partial charge in [0, 0.05) is 27.2 Å². The van der Waals surface area contributed by atoms with Crippen molar-refractivity contribution < 1.29 is 19.1 Å². The fourth-order valence-corrected chi connectivity index (χ4v) is 3.37. The maximum absolute atomic E-state index is 13.2. The largest absolute Gasteiger partial charge is 0.497 e. The number of benzene rings is 2. The average molecular weight is 432 g/mol. The SMILES string of the molecule is COc1ccc2c(c1)c(CC(=O)OC/C=C/Cl)c(C)n2C(=O)c1ccc(Cl)cc1. The number of hydrogen-bond donors (Lipinski definition) is 0. The Bertz CT molecular complexity index is 1080. The molecule has 0 atom stereocenters. The molecule has 0 unspecified atom stereocenters. The molecule has 0 fully saturated rings. The van der Waals surface area contributed by atoms with Gasteiger partial charge in [-0.25, -0.2) is 0 Å². The van der Waals surface area contributed by atoms with Crippen molar-refractivity contribution in [3.63, 3.8) is 0 Å². The topological polar surface area (TPSA) is 57.5 Å². The Kier molecular flexibility index (Phi) is 6.62. The van der Waals surface area contributed by atoms with E-state index in [1.165, 1.54) is 11.6 Å². The van der Waals surface area contributed by atoms with E-state index < -0.39 is 5.97 Å². The second kappa shape index (κ2) is 9.16. The molecule has 1 aromatic heterocycles. The minimum Gasteiger partial charge on any atom is -0.497 e. The number of hydrogen-bond acceptors (Lipinski definition) is 4. The van der Waals surface area contributed by atoms with Crippen LogP contribution in [0.3, 0.4) is 0 Å². The van der Waals surface area contributed by atoms with E-state index in [4.69, 9.17) is 32.7 Å². The number of nitrogens with zero attached hydrogens (tertiary/aromatic N) is 1. The van der Waals surface area contributed by atoms with Crippen LogP contribution < -0.4 is 4.74 Å². The average Bonchev–Trinajstić information content (AvgIpc) is 2.99. The highest BCUT2D eigenvalue weighted by Gasteiger charge is 2.22. The third-order valence-corrected chi connectivity index (χ3v) is 5.02. The lowest BCUT2D eigenvalue weighted by atomic mass is 10.1. The summed E-state index contributed by atoms with van der Waals surface area (Å²) in [6.07, 6.45) is 1.55. The van der Waals surface area contributed by atoms with E-state index >= 15 is 0 Å². The van der Waals surface area contributed by atoms with Crippen LogP contribution in [0.2, 0.25) is 5.02 Å². The number of fused-ring (bicyclic) bond motifs is 1. The molecular formula is C22H19Cl2NO4. The molecule has 1 heterocycles. The van der Waals surface area contributed by atoms with Gasteiger partial charge in [0.1, 0.15) is 12.4 Å². The Hall–Kier alpha value is -2.76. The van der Waals surface area contributed by atoms with Gasteiger partial charge in [-0.1, -0.05) is 23.2 Å². The third kappa shape index (κ3) is 4.47. The van der Waals surface area contributed by atoms with Crippen molar-refractivity contribution >= 4 is 46.0 Å². The van der Waals surface area contributed by atoms with Gasteiger partial charge in [0.05, 0.1) is 19.0 Å². The molecule has 3 rings (SSSR count). The summed E-state index contributed by atoms with van der Waals surface area (Å²) in [6.45, 7) is 1.90. The van der Waals surface area contributed by atoms with E-state index in [-0.39, 0.29) is 18.9 Å². The summed E-state index contributed by atoms with van der Waals surface area (Å²) in [5.74, 6) is 0.0102. The predicted molar refractivity (Wildman–Crippen MR) is 114 cm³/mol. The molecule has 3 aromatic rings. The first-order valence-corrected chi connectivity index (χ1v) is 9.66. The second-order valence-corrected chi connectivity index (χ2v) is 7.00. The van der Waals surface area contributed by atoms with Gasteiger partial charge < -0.3 is 9.47 Å². The van der Waals surface area contributed by atoms with Crippen molar-refractivity contribution in [1.82, 2.24) is 4.57 Å². The van der Waals surface area contributed by atoms with Crippen molar-refractivity contribution in [2.75, 3.05) is 13.7 Å². The molecule has 7 heteroatoms. The van der Waals surface area contributed by atoms with E-state index in [0.29, 0.717) is 33.1 Å². The maximum atomic E-state index is 13.2. The Morgan fingerprint density at radius 2 is 1.86 bits per heavy atom. The van der Waals surface area contributed by atoms with Gasteiger partial charge in [-0.2, -0.15) is 0 Å². The number of aromatic nitrogens is 1. The van der Waals surface area contributed by atoms with Gasteiger partial charge in [-0.15, -0.1) is 0 Å². The lowest BCUT2D eigenvalue weighted by Crippen LogP contribution is -2.14. The summed E-state index contributed by atoms with van der Waals surface area (Å²) in [4.78, 5) is 25.5.